The first-order valence-electron chi connectivity index (χ1n) is 6.61. The quantitative estimate of drug-likeness (QED) is 0.911. The van der Waals surface area contributed by atoms with Crippen LogP contribution < -0.4 is 5.32 Å². The summed E-state index contributed by atoms with van der Waals surface area (Å²) in [7, 11) is 0. The number of halogens is 2. The molecule has 0 amide bonds. The molecule has 3 nitrogen and oxygen atoms in total. The monoisotopic (exact) mass is 277 g/mol. The standard InChI is InChI=1S/C15H17F2N3/c1-3-13-9-15(20-10(2)19-13)18-7-6-11-8-12(16)4-5-14(11)17/h4-5,8-9H,3,6-7H2,1-2H3,(H,18,19,20). The maximum atomic E-state index is 13.5. The molecule has 0 saturated heterocycles. The van der Waals surface area contributed by atoms with Gasteiger partial charge in [0.1, 0.15) is 23.3 Å². The highest BCUT2D eigenvalue weighted by atomic mass is 19.1. The van der Waals surface area contributed by atoms with E-state index in [0.717, 1.165) is 24.2 Å². The van der Waals surface area contributed by atoms with Crippen LogP contribution in [0.3, 0.4) is 0 Å². The molecule has 1 heterocycles. The molecule has 0 aliphatic carbocycles. The Morgan fingerprint density at radius 2 is 1.95 bits per heavy atom. The predicted octanol–water partition coefficient (Wildman–Crippen LogP) is 3.28. The lowest BCUT2D eigenvalue weighted by Crippen LogP contribution is -2.09. The van der Waals surface area contributed by atoms with E-state index in [2.05, 4.69) is 15.3 Å². The van der Waals surface area contributed by atoms with Gasteiger partial charge in [-0.2, -0.15) is 0 Å². The Hall–Kier alpha value is -2.04. The Bertz CT molecular complexity index is 600. The number of nitrogens with one attached hydrogen (secondary N) is 1. The molecule has 2 aromatic rings. The van der Waals surface area contributed by atoms with Crippen molar-refractivity contribution < 1.29 is 8.78 Å². The maximum Gasteiger partial charge on any atom is 0.129 e. The van der Waals surface area contributed by atoms with Crippen LogP contribution in [0, 0.1) is 18.6 Å². The summed E-state index contributed by atoms with van der Waals surface area (Å²) in [6.07, 6.45) is 1.23. The SMILES string of the molecule is CCc1cc(NCCc2cc(F)ccc2F)nc(C)n1. The molecule has 20 heavy (non-hydrogen) atoms. The number of hydrogen-bond acceptors (Lipinski definition) is 3. The van der Waals surface area contributed by atoms with Crippen LogP contribution in [0.2, 0.25) is 0 Å². The van der Waals surface area contributed by atoms with Crippen LogP contribution in [0.4, 0.5) is 14.6 Å². The molecule has 0 fully saturated rings. The fourth-order valence-electron chi connectivity index (χ4n) is 1.96. The summed E-state index contributed by atoms with van der Waals surface area (Å²) in [5, 5.41) is 3.12. The van der Waals surface area contributed by atoms with E-state index in [9.17, 15) is 8.78 Å². The van der Waals surface area contributed by atoms with Crippen LogP contribution in [0.1, 0.15) is 24.0 Å². The Morgan fingerprint density at radius 3 is 2.70 bits per heavy atom. The van der Waals surface area contributed by atoms with Crippen LogP contribution in [0.5, 0.6) is 0 Å². The average Bonchev–Trinajstić information content (AvgIpc) is 2.42. The van der Waals surface area contributed by atoms with Crippen molar-refractivity contribution in [1.82, 2.24) is 9.97 Å². The van der Waals surface area contributed by atoms with E-state index in [1.165, 1.54) is 6.07 Å². The molecule has 0 aliphatic heterocycles. The Balaban J connectivity index is 1.99. The van der Waals surface area contributed by atoms with Crippen molar-refractivity contribution >= 4 is 5.82 Å². The number of nitrogens with zero attached hydrogens (tertiary/aromatic N) is 2. The Labute approximate surface area is 117 Å². The third kappa shape index (κ3) is 3.73. The summed E-state index contributed by atoms with van der Waals surface area (Å²) >= 11 is 0. The van der Waals surface area contributed by atoms with Gasteiger partial charge in [-0.15, -0.1) is 0 Å². The van der Waals surface area contributed by atoms with E-state index in [1.54, 1.807) is 0 Å². The third-order valence-corrected chi connectivity index (χ3v) is 2.96. The first-order valence-corrected chi connectivity index (χ1v) is 6.61. The highest BCUT2D eigenvalue weighted by Crippen LogP contribution is 2.11. The van der Waals surface area contributed by atoms with Crippen LogP contribution in [-0.2, 0) is 12.8 Å². The molecule has 0 aliphatic rings. The van der Waals surface area contributed by atoms with Gasteiger partial charge in [-0.25, -0.2) is 18.7 Å². The van der Waals surface area contributed by atoms with Crippen molar-refractivity contribution in [3.8, 4) is 0 Å². The summed E-state index contributed by atoms with van der Waals surface area (Å²) in [5.74, 6) is 0.601. The van der Waals surface area contributed by atoms with Gasteiger partial charge in [0.15, 0.2) is 0 Å². The van der Waals surface area contributed by atoms with Crippen molar-refractivity contribution in [2.24, 2.45) is 0 Å². The van der Waals surface area contributed by atoms with E-state index in [4.69, 9.17) is 0 Å². The van der Waals surface area contributed by atoms with E-state index >= 15 is 0 Å². The van der Waals surface area contributed by atoms with Crippen molar-refractivity contribution in [2.75, 3.05) is 11.9 Å². The zero-order chi connectivity index (χ0) is 14.5. The number of hydrogen-bond donors (Lipinski definition) is 1. The molecule has 106 valence electrons. The van der Waals surface area contributed by atoms with E-state index < -0.39 is 5.82 Å². The molecular weight excluding hydrogens is 260 g/mol. The molecule has 0 radical (unpaired) electrons. The number of aromatic nitrogens is 2. The fraction of sp³-hybridized carbons (Fsp3) is 0.333. The third-order valence-electron chi connectivity index (χ3n) is 2.96. The zero-order valence-corrected chi connectivity index (χ0v) is 11.6. The van der Waals surface area contributed by atoms with Crippen LogP contribution in [-0.4, -0.2) is 16.5 Å². The van der Waals surface area contributed by atoms with Crippen molar-refractivity contribution in [1.29, 1.82) is 0 Å². The van der Waals surface area contributed by atoms with Crippen LogP contribution in [0.15, 0.2) is 24.3 Å². The summed E-state index contributed by atoms with van der Waals surface area (Å²) in [6.45, 7) is 4.34. The van der Waals surface area contributed by atoms with E-state index in [1.807, 2.05) is 19.9 Å². The fourth-order valence-corrected chi connectivity index (χ4v) is 1.96. The predicted molar refractivity (Wildman–Crippen MR) is 74.7 cm³/mol. The second-order valence-corrected chi connectivity index (χ2v) is 4.56. The largest absolute Gasteiger partial charge is 0.370 e. The molecule has 1 N–H and O–H groups in total. The summed E-state index contributed by atoms with van der Waals surface area (Å²) in [5.41, 5.74) is 1.32. The van der Waals surface area contributed by atoms with Gasteiger partial charge in [-0.3, -0.25) is 0 Å². The number of aryl methyl sites for hydroxylation is 2. The minimum Gasteiger partial charge on any atom is -0.370 e. The molecular formula is C15H17F2N3. The number of anilines is 1. The van der Waals surface area contributed by atoms with E-state index in [0.29, 0.717) is 30.2 Å². The van der Waals surface area contributed by atoms with Gasteiger partial charge in [0.05, 0.1) is 0 Å². The van der Waals surface area contributed by atoms with Gasteiger partial charge < -0.3 is 5.32 Å². The van der Waals surface area contributed by atoms with Crippen molar-refractivity contribution in [3.63, 3.8) is 0 Å². The zero-order valence-electron chi connectivity index (χ0n) is 11.6. The summed E-state index contributed by atoms with van der Waals surface area (Å²) < 4.78 is 26.5. The molecule has 0 spiro atoms. The second kappa shape index (κ2) is 6.41. The van der Waals surface area contributed by atoms with E-state index in [-0.39, 0.29) is 5.82 Å². The lowest BCUT2D eigenvalue weighted by molar-refractivity contribution is 0.586. The highest BCUT2D eigenvalue weighted by Gasteiger charge is 2.05. The number of rotatable bonds is 5. The topological polar surface area (TPSA) is 37.8 Å². The van der Waals surface area contributed by atoms with Gasteiger partial charge >= 0.3 is 0 Å². The number of benzene rings is 1. The molecule has 2 rings (SSSR count). The first-order chi connectivity index (χ1) is 9.58. The average molecular weight is 277 g/mol. The summed E-state index contributed by atoms with van der Waals surface area (Å²) in [4.78, 5) is 8.55. The Morgan fingerprint density at radius 1 is 1.15 bits per heavy atom. The molecule has 1 aromatic carbocycles. The van der Waals surface area contributed by atoms with Gasteiger partial charge in [-0.1, -0.05) is 6.92 Å². The maximum absolute atomic E-state index is 13.5. The normalized spacial score (nSPS) is 10.6. The van der Waals surface area contributed by atoms with Crippen LogP contribution >= 0.6 is 0 Å². The molecule has 5 heteroatoms. The van der Waals surface area contributed by atoms with Gasteiger partial charge in [-0.05, 0) is 43.5 Å². The lowest BCUT2D eigenvalue weighted by Gasteiger charge is -2.08. The highest BCUT2D eigenvalue weighted by molar-refractivity contribution is 5.36. The lowest BCUT2D eigenvalue weighted by atomic mass is 10.1. The van der Waals surface area contributed by atoms with Gasteiger partial charge in [0, 0.05) is 18.3 Å². The minimum absolute atomic E-state index is 0.360. The van der Waals surface area contributed by atoms with Gasteiger partial charge in [0.2, 0.25) is 0 Å². The second-order valence-electron chi connectivity index (χ2n) is 4.56. The van der Waals surface area contributed by atoms with Crippen molar-refractivity contribution in [3.05, 3.63) is 53.0 Å². The van der Waals surface area contributed by atoms with Crippen LogP contribution in [0.25, 0.3) is 0 Å². The van der Waals surface area contributed by atoms with Crippen molar-refractivity contribution in [2.45, 2.75) is 26.7 Å². The smallest absolute Gasteiger partial charge is 0.129 e. The first kappa shape index (κ1) is 14.4. The molecule has 0 saturated carbocycles. The molecule has 0 atom stereocenters. The summed E-state index contributed by atoms with van der Waals surface area (Å²) in [6, 6.07) is 5.36. The molecule has 0 bridgehead atoms. The molecule has 0 unspecified atom stereocenters. The van der Waals surface area contributed by atoms with Gasteiger partial charge in [0.25, 0.3) is 0 Å². The molecule has 1 aromatic heterocycles. The Kier molecular flexibility index (Phi) is 4.61. The minimum atomic E-state index is -0.424.